The highest BCUT2D eigenvalue weighted by molar-refractivity contribution is 7.69. The molecule has 2 unspecified atom stereocenters. The molecule has 2 aromatic heterocycles. The van der Waals surface area contributed by atoms with Crippen molar-refractivity contribution in [3.8, 4) is 10.1 Å². The van der Waals surface area contributed by atoms with Gasteiger partial charge in [0.15, 0.2) is 0 Å². The van der Waals surface area contributed by atoms with Crippen LogP contribution in [0.1, 0.15) is 0 Å². The first-order chi connectivity index (χ1) is 8.90. The summed E-state index contributed by atoms with van der Waals surface area (Å²) in [7, 11) is 4.72. The van der Waals surface area contributed by atoms with Crippen LogP contribution in [0, 0.1) is 0 Å². The van der Waals surface area contributed by atoms with Crippen molar-refractivity contribution in [2.24, 2.45) is 0 Å². The van der Waals surface area contributed by atoms with E-state index in [1.807, 2.05) is 0 Å². The van der Waals surface area contributed by atoms with Gasteiger partial charge in [0.05, 0.1) is 0 Å². The van der Waals surface area contributed by atoms with Crippen LogP contribution in [0.5, 0.6) is 0 Å². The maximum Gasteiger partial charge on any atom is 0.0349 e. The van der Waals surface area contributed by atoms with Crippen LogP contribution in [-0.2, 0) is 0 Å². The molecule has 4 rings (SSSR count). The number of fused-ring (bicyclic) bond motifs is 2. The topological polar surface area (TPSA) is 0 Å². The highest BCUT2D eigenvalue weighted by Crippen LogP contribution is 2.54. The summed E-state index contributed by atoms with van der Waals surface area (Å²) >= 11 is 0. The van der Waals surface area contributed by atoms with Gasteiger partial charge in [-0.1, -0.05) is 52.8 Å². The lowest BCUT2D eigenvalue weighted by atomic mass is 10.4. The van der Waals surface area contributed by atoms with Crippen LogP contribution in [0.2, 0.25) is 0 Å². The van der Waals surface area contributed by atoms with Gasteiger partial charge >= 0.3 is 0 Å². The van der Waals surface area contributed by atoms with Crippen LogP contribution in [-0.4, -0.2) is 0 Å². The fourth-order valence-corrected chi connectivity index (χ4v) is 8.97. The minimum absolute atomic E-state index is 0.900. The van der Waals surface area contributed by atoms with Crippen LogP contribution >= 0.6 is 32.8 Å². The molecule has 2 aromatic carbocycles. The van der Waals surface area contributed by atoms with Crippen LogP contribution in [0.3, 0.4) is 0 Å². The average molecular weight is 302 g/mol. The van der Waals surface area contributed by atoms with Gasteiger partial charge in [0.25, 0.3) is 0 Å². The van der Waals surface area contributed by atoms with Crippen LogP contribution in [0.15, 0.2) is 48.5 Å². The van der Waals surface area contributed by atoms with Gasteiger partial charge in [0.1, 0.15) is 0 Å². The molecule has 0 bridgehead atoms. The van der Waals surface area contributed by atoms with E-state index >= 15 is 0 Å². The van der Waals surface area contributed by atoms with Gasteiger partial charge in [-0.2, -0.15) is 0 Å². The first-order valence-electron chi connectivity index (χ1n) is 5.80. The summed E-state index contributed by atoms with van der Waals surface area (Å²) in [6.45, 7) is 0. The number of hydrogen-bond acceptors (Lipinski definition) is 0. The molecule has 0 amide bonds. The Kier molecular flexibility index (Phi) is 2.80. The molecular weight excluding hydrogens is 292 g/mol. The Morgan fingerprint density at radius 1 is 0.611 bits per heavy atom. The second kappa shape index (κ2) is 4.49. The maximum absolute atomic E-state index is 2.29. The second-order valence-corrected chi connectivity index (χ2v) is 9.93. The molecule has 0 radical (unpaired) electrons. The Hall–Kier alpha value is -0.620. The highest BCUT2D eigenvalue weighted by Gasteiger charge is 2.06. The van der Waals surface area contributed by atoms with Crippen molar-refractivity contribution in [2.75, 3.05) is 0 Å². The van der Waals surface area contributed by atoms with E-state index in [0.717, 1.165) is 16.4 Å². The van der Waals surface area contributed by atoms with Gasteiger partial charge in [0, 0.05) is 30.5 Å². The van der Waals surface area contributed by atoms with Crippen molar-refractivity contribution in [1.29, 1.82) is 0 Å². The minimum Gasteiger partial charge on any atom is -0.117 e. The monoisotopic (exact) mass is 302 g/mol. The molecule has 0 aliphatic rings. The lowest BCUT2D eigenvalue weighted by Crippen LogP contribution is -1.53. The molecule has 4 aromatic rings. The third-order valence-electron chi connectivity index (χ3n) is 3.00. The molecule has 2 heterocycles. The first-order valence-corrected chi connectivity index (χ1v) is 9.59. The van der Waals surface area contributed by atoms with Gasteiger partial charge in [-0.15, -0.1) is 16.4 Å². The van der Waals surface area contributed by atoms with Crippen molar-refractivity contribution in [2.45, 2.75) is 0 Å². The van der Waals surface area contributed by atoms with Gasteiger partial charge in [-0.05, 0) is 12.1 Å². The Bertz CT molecular complexity index is 703. The van der Waals surface area contributed by atoms with Crippen LogP contribution in [0.4, 0.5) is 0 Å². The third kappa shape index (κ3) is 1.86. The molecular formula is C14H10P4. The molecule has 2 atom stereocenters. The van der Waals surface area contributed by atoms with E-state index in [2.05, 4.69) is 48.5 Å². The molecule has 0 aliphatic carbocycles. The average Bonchev–Trinajstić information content (AvgIpc) is 3.02. The van der Waals surface area contributed by atoms with Gasteiger partial charge < -0.3 is 0 Å². The molecule has 0 aliphatic heterocycles. The maximum atomic E-state index is 2.29. The Labute approximate surface area is 112 Å². The molecule has 0 N–H and O–H groups in total. The van der Waals surface area contributed by atoms with Crippen LogP contribution in [0.25, 0.3) is 30.5 Å². The Morgan fingerprint density at radius 2 is 1.06 bits per heavy atom. The SMILES string of the molecule is c1ccc2[pH]c(-c3pc4ccccc4[pH]3)pc2c1. The second-order valence-electron chi connectivity index (χ2n) is 4.21. The molecule has 0 spiro atoms. The van der Waals surface area contributed by atoms with Gasteiger partial charge in [0.2, 0.25) is 0 Å². The van der Waals surface area contributed by atoms with E-state index in [9.17, 15) is 0 Å². The number of hydrogen-bond donors (Lipinski definition) is 0. The standard InChI is InChI=1S/C14H10P4/c1-2-6-10-9(5-1)15-13(16-10)14-17-11-7-3-4-8-12(11)18-14/h1-8,15,17H. The zero-order valence-electron chi connectivity index (χ0n) is 9.51. The molecule has 18 heavy (non-hydrogen) atoms. The predicted octanol–water partition coefficient (Wildman–Crippen LogP) is 6.88. The van der Waals surface area contributed by atoms with E-state index in [4.69, 9.17) is 0 Å². The Balaban J connectivity index is 1.95. The quantitative estimate of drug-likeness (QED) is 0.359. The lowest BCUT2D eigenvalue weighted by Gasteiger charge is -1.86. The summed E-state index contributed by atoms with van der Waals surface area (Å²) in [5.74, 6) is 0. The molecule has 0 nitrogen and oxygen atoms in total. The fourth-order valence-electron chi connectivity index (χ4n) is 2.13. The molecule has 0 saturated heterocycles. The van der Waals surface area contributed by atoms with Gasteiger partial charge in [-0.25, -0.2) is 0 Å². The summed E-state index contributed by atoms with van der Waals surface area (Å²) in [6.07, 6.45) is 0. The largest absolute Gasteiger partial charge is 0.117 e. The third-order valence-corrected chi connectivity index (χ3v) is 10.2. The lowest BCUT2D eigenvalue weighted by molar-refractivity contribution is 1.88. The number of benzene rings is 2. The van der Waals surface area contributed by atoms with E-state index in [-0.39, 0.29) is 0 Å². The molecule has 0 saturated carbocycles. The first kappa shape index (κ1) is 11.2. The normalized spacial score (nSPS) is 13.1. The highest BCUT2D eigenvalue weighted by atomic mass is 31.1. The van der Waals surface area contributed by atoms with Gasteiger partial charge in [-0.3, -0.25) is 0 Å². The summed E-state index contributed by atoms with van der Waals surface area (Å²) in [6, 6.07) is 17.8. The smallest absolute Gasteiger partial charge is 0.0349 e. The van der Waals surface area contributed by atoms with E-state index in [0.29, 0.717) is 0 Å². The van der Waals surface area contributed by atoms with E-state index < -0.39 is 0 Å². The van der Waals surface area contributed by atoms with Crippen molar-refractivity contribution < 1.29 is 0 Å². The predicted molar refractivity (Wildman–Crippen MR) is 90.9 cm³/mol. The van der Waals surface area contributed by atoms with Crippen LogP contribution < -0.4 is 0 Å². The fraction of sp³-hybridized carbons (Fsp3) is 0. The van der Waals surface area contributed by atoms with E-state index in [1.165, 1.54) is 26.6 Å². The van der Waals surface area contributed by atoms with Crippen molar-refractivity contribution in [3.05, 3.63) is 48.5 Å². The zero-order valence-corrected chi connectivity index (χ0v) is 13.3. The summed E-state index contributed by atoms with van der Waals surface area (Å²) in [4.78, 5) is 0. The molecule has 86 valence electrons. The van der Waals surface area contributed by atoms with Crippen molar-refractivity contribution in [3.63, 3.8) is 0 Å². The van der Waals surface area contributed by atoms with E-state index in [1.54, 1.807) is 20.3 Å². The zero-order chi connectivity index (χ0) is 11.9. The minimum atomic E-state index is 0.900. The molecule has 4 heteroatoms. The Morgan fingerprint density at radius 3 is 1.50 bits per heavy atom. The number of rotatable bonds is 1. The van der Waals surface area contributed by atoms with Crippen molar-refractivity contribution in [1.82, 2.24) is 0 Å². The summed E-state index contributed by atoms with van der Waals surface area (Å²) < 4.78 is 0. The van der Waals surface area contributed by atoms with Crippen molar-refractivity contribution >= 4 is 53.2 Å². The molecule has 0 fully saturated rings. The summed E-state index contributed by atoms with van der Waals surface area (Å²) in [5.41, 5.74) is 0. The summed E-state index contributed by atoms with van der Waals surface area (Å²) in [5, 5.41) is 9.50.